The standard InChI is InChI=1S/C18H21N3O2/c22-18(11-15-6-3-9-20-15)21-16-5-1-7-17(10-16)23-13-14-4-2-8-19-12-14/h1-2,4-5,7-8,10,12,15,20H,3,6,9,11,13H2,(H,21,22). The molecule has 1 atom stereocenters. The van der Waals surface area contributed by atoms with Crippen molar-refractivity contribution in [2.75, 3.05) is 11.9 Å². The van der Waals surface area contributed by atoms with E-state index in [0.717, 1.165) is 36.4 Å². The lowest BCUT2D eigenvalue weighted by Gasteiger charge is -2.12. The Kier molecular flexibility index (Phi) is 5.21. The van der Waals surface area contributed by atoms with Crippen LogP contribution in [-0.4, -0.2) is 23.5 Å². The van der Waals surface area contributed by atoms with E-state index in [4.69, 9.17) is 4.74 Å². The number of hydrogen-bond acceptors (Lipinski definition) is 4. The Bertz CT molecular complexity index is 640. The summed E-state index contributed by atoms with van der Waals surface area (Å²) in [7, 11) is 0. The van der Waals surface area contributed by atoms with Gasteiger partial charge in [-0.15, -0.1) is 0 Å². The van der Waals surface area contributed by atoms with Gasteiger partial charge in [0, 0.05) is 42.2 Å². The number of nitrogens with zero attached hydrogens (tertiary/aromatic N) is 1. The minimum atomic E-state index is 0.0359. The molecule has 0 bridgehead atoms. The number of ether oxygens (including phenoxy) is 1. The zero-order chi connectivity index (χ0) is 15.9. The van der Waals surface area contributed by atoms with Gasteiger partial charge in [0.05, 0.1) is 0 Å². The topological polar surface area (TPSA) is 63.2 Å². The van der Waals surface area contributed by atoms with Crippen LogP contribution in [0.2, 0.25) is 0 Å². The summed E-state index contributed by atoms with van der Waals surface area (Å²) in [6.07, 6.45) is 6.25. The monoisotopic (exact) mass is 311 g/mol. The highest BCUT2D eigenvalue weighted by molar-refractivity contribution is 5.91. The molecule has 1 amide bonds. The third-order valence-corrected chi connectivity index (χ3v) is 3.84. The minimum absolute atomic E-state index is 0.0359. The fourth-order valence-corrected chi connectivity index (χ4v) is 2.68. The summed E-state index contributed by atoms with van der Waals surface area (Å²) in [6.45, 7) is 1.47. The molecule has 5 heteroatoms. The molecule has 3 rings (SSSR count). The Morgan fingerprint density at radius 1 is 1.35 bits per heavy atom. The summed E-state index contributed by atoms with van der Waals surface area (Å²) in [4.78, 5) is 16.1. The molecule has 1 aromatic heterocycles. The van der Waals surface area contributed by atoms with E-state index >= 15 is 0 Å². The van der Waals surface area contributed by atoms with E-state index in [2.05, 4.69) is 15.6 Å². The van der Waals surface area contributed by atoms with Crippen LogP contribution in [0.3, 0.4) is 0 Å². The Morgan fingerprint density at radius 3 is 3.09 bits per heavy atom. The van der Waals surface area contributed by atoms with E-state index in [-0.39, 0.29) is 5.91 Å². The first-order valence-electron chi connectivity index (χ1n) is 7.94. The van der Waals surface area contributed by atoms with Crippen molar-refractivity contribution in [1.29, 1.82) is 0 Å². The molecule has 0 aliphatic carbocycles. The molecular weight excluding hydrogens is 290 g/mol. The first-order chi connectivity index (χ1) is 11.3. The van der Waals surface area contributed by atoms with Gasteiger partial charge < -0.3 is 15.4 Å². The number of carbonyl (C=O) groups excluding carboxylic acids is 1. The molecule has 1 fully saturated rings. The highest BCUT2D eigenvalue weighted by atomic mass is 16.5. The number of nitrogens with one attached hydrogen (secondary N) is 2. The molecule has 0 spiro atoms. The van der Waals surface area contributed by atoms with E-state index < -0.39 is 0 Å². The van der Waals surface area contributed by atoms with Gasteiger partial charge in [0.15, 0.2) is 0 Å². The number of benzene rings is 1. The summed E-state index contributed by atoms with van der Waals surface area (Å²) < 4.78 is 5.74. The molecule has 0 radical (unpaired) electrons. The van der Waals surface area contributed by atoms with Gasteiger partial charge in [0.1, 0.15) is 12.4 Å². The van der Waals surface area contributed by atoms with Crippen LogP contribution in [0.25, 0.3) is 0 Å². The van der Waals surface area contributed by atoms with Crippen molar-refractivity contribution in [3.8, 4) is 5.75 Å². The SMILES string of the molecule is O=C(CC1CCCN1)Nc1cccc(OCc2cccnc2)c1. The summed E-state index contributed by atoms with van der Waals surface area (Å²) in [5, 5.41) is 6.27. The first-order valence-corrected chi connectivity index (χ1v) is 7.94. The molecule has 23 heavy (non-hydrogen) atoms. The van der Waals surface area contributed by atoms with Crippen molar-refractivity contribution in [2.24, 2.45) is 0 Å². The fraction of sp³-hybridized carbons (Fsp3) is 0.333. The van der Waals surface area contributed by atoms with Crippen LogP contribution in [0.1, 0.15) is 24.8 Å². The maximum Gasteiger partial charge on any atom is 0.225 e. The summed E-state index contributed by atoms with van der Waals surface area (Å²) in [5.74, 6) is 0.763. The molecule has 120 valence electrons. The Hall–Kier alpha value is -2.40. The number of anilines is 1. The molecular formula is C18H21N3O2. The van der Waals surface area contributed by atoms with Crippen molar-refractivity contribution in [1.82, 2.24) is 10.3 Å². The molecule has 5 nitrogen and oxygen atoms in total. The van der Waals surface area contributed by atoms with Gasteiger partial charge in [0.2, 0.25) is 5.91 Å². The third kappa shape index (κ3) is 4.79. The average molecular weight is 311 g/mol. The molecule has 0 saturated carbocycles. The molecule has 1 aromatic carbocycles. The minimum Gasteiger partial charge on any atom is -0.489 e. The van der Waals surface area contributed by atoms with Gasteiger partial charge in [0.25, 0.3) is 0 Å². The predicted octanol–water partition coefficient (Wildman–Crippen LogP) is 2.74. The van der Waals surface area contributed by atoms with Gasteiger partial charge >= 0.3 is 0 Å². The Balaban J connectivity index is 1.53. The lowest BCUT2D eigenvalue weighted by Crippen LogP contribution is -2.27. The van der Waals surface area contributed by atoms with Gasteiger partial charge in [-0.3, -0.25) is 9.78 Å². The number of amides is 1. The van der Waals surface area contributed by atoms with Crippen LogP contribution in [0.4, 0.5) is 5.69 Å². The number of aromatic nitrogens is 1. The van der Waals surface area contributed by atoms with Gasteiger partial charge in [-0.1, -0.05) is 12.1 Å². The average Bonchev–Trinajstić information content (AvgIpc) is 3.07. The zero-order valence-electron chi connectivity index (χ0n) is 13.0. The highest BCUT2D eigenvalue weighted by Crippen LogP contribution is 2.19. The maximum absolute atomic E-state index is 12.1. The van der Waals surface area contributed by atoms with Crippen molar-refractivity contribution in [2.45, 2.75) is 31.9 Å². The van der Waals surface area contributed by atoms with E-state index in [0.29, 0.717) is 19.1 Å². The van der Waals surface area contributed by atoms with Crippen LogP contribution in [0.15, 0.2) is 48.8 Å². The smallest absolute Gasteiger partial charge is 0.225 e. The van der Waals surface area contributed by atoms with Crippen LogP contribution in [-0.2, 0) is 11.4 Å². The van der Waals surface area contributed by atoms with Crippen molar-refractivity contribution >= 4 is 11.6 Å². The fourth-order valence-electron chi connectivity index (χ4n) is 2.68. The molecule has 2 N–H and O–H groups in total. The first kappa shape index (κ1) is 15.5. The summed E-state index contributed by atoms with van der Waals surface area (Å²) >= 11 is 0. The van der Waals surface area contributed by atoms with Crippen molar-refractivity contribution in [3.63, 3.8) is 0 Å². The van der Waals surface area contributed by atoms with Crippen LogP contribution >= 0.6 is 0 Å². The van der Waals surface area contributed by atoms with Crippen molar-refractivity contribution < 1.29 is 9.53 Å². The van der Waals surface area contributed by atoms with Gasteiger partial charge in [-0.25, -0.2) is 0 Å². The van der Waals surface area contributed by atoms with Crippen LogP contribution in [0.5, 0.6) is 5.75 Å². The van der Waals surface area contributed by atoms with Crippen molar-refractivity contribution in [3.05, 3.63) is 54.4 Å². The zero-order valence-corrected chi connectivity index (χ0v) is 13.0. The largest absolute Gasteiger partial charge is 0.489 e. The summed E-state index contributed by atoms with van der Waals surface area (Å²) in [6, 6.07) is 11.6. The number of hydrogen-bond donors (Lipinski definition) is 2. The molecule has 2 aromatic rings. The quantitative estimate of drug-likeness (QED) is 0.861. The normalized spacial score (nSPS) is 17.0. The molecule has 1 aliphatic heterocycles. The second-order valence-electron chi connectivity index (χ2n) is 5.72. The second-order valence-corrected chi connectivity index (χ2v) is 5.72. The number of pyridine rings is 1. The molecule has 2 heterocycles. The Morgan fingerprint density at radius 2 is 2.30 bits per heavy atom. The summed E-state index contributed by atoms with van der Waals surface area (Å²) in [5.41, 5.74) is 1.77. The molecule has 1 saturated heterocycles. The molecule has 1 aliphatic rings. The van der Waals surface area contributed by atoms with Gasteiger partial charge in [-0.05, 0) is 37.6 Å². The van der Waals surface area contributed by atoms with Gasteiger partial charge in [-0.2, -0.15) is 0 Å². The maximum atomic E-state index is 12.1. The second kappa shape index (κ2) is 7.74. The van der Waals surface area contributed by atoms with Crippen LogP contribution in [0, 0.1) is 0 Å². The van der Waals surface area contributed by atoms with Crippen LogP contribution < -0.4 is 15.4 Å². The number of carbonyl (C=O) groups is 1. The van der Waals surface area contributed by atoms with E-state index in [1.54, 1.807) is 12.4 Å². The van der Waals surface area contributed by atoms with E-state index in [9.17, 15) is 4.79 Å². The Labute approximate surface area is 136 Å². The molecule has 1 unspecified atom stereocenters. The highest BCUT2D eigenvalue weighted by Gasteiger charge is 2.17. The van der Waals surface area contributed by atoms with E-state index in [1.165, 1.54) is 0 Å². The lowest BCUT2D eigenvalue weighted by molar-refractivity contribution is -0.116. The number of rotatable bonds is 6. The van der Waals surface area contributed by atoms with E-state index in [1.807, 2.05) is 36.4 Å². The third-order valence-electron chi connectivity index (χ3n) is 3.84. The predicted molar refractivity (Wildman–Crippen MR) is 89.3 cm³/mol. The lowest BCUT2D eigenvalue weighted by atomic mass is 10.1.